The molecule has 174 valence electrons. The van der Waals surface area contributed by atoms with Crippen molar-refractivity contribution in [1.29, 1.82) is 0 Å². The van der Waals surface area contributed by atoms with Crippen LogP contribution in [0.4, 0.5) is 5.69 Å². The van der Waals surface area contributed by atoms with E-state index in [0.717, 1.165) is 29.7 Å². The summed E-state index contributed by atoms with van der Waals surface area (Å²) in [4.78, 5) is 39.6. The predicted molar refractivity (Wildman–Crippen MR) is 128 cm³/mol. The summed E-state index contributed by atoms with van der Waals surface area (Å²) in [5, 5.41) is 0. The zero-order valence-corrected chi connectivity index (χ0v) is 19.5. The molecule has 0 radical (unpaired) electrons. The Morgan fingerprint density at radius 1 is 0.824 bits per heavy atom. The molecule has 3 aromatic carbocycles. The first-order chi connectivity index (χ1) is 16.3. The molecule has 0 saturated carbocycles. The van der Waals surface area contributed by atoms with E-state index >= 15 is 0 Å². The molecule has 3 amide bonds. The number of anilines is 1. The number of hydrogen-bond acceptors (Lipinski definition) is 5. The molecule has 0 spiro atoms. The minimum absolute atomic E-state index is 0.0687. The number of imide groups is 1. The molecule has 1 heterocycles. The van der Waals surface area contributed by atoms with Crippen molar-refractivity contribution in [2.24, 2.45) is 0 Å². The maximum atomic E-state index is 13.5. The first kappa shape index (κ1) is 23.4. The molecule has 0 aromatic heterocycles. The molecule has 8 heteroatoms. The fourth-order valence-electron chi connectivity index (χ4n) is 3.88. The molecule has 0 aliphatic carbocycles. The van der Waals surface area contributed by atoms with Crippen LogP contribution >= 0.6 is 0 Å². The number of carbonyl (C=O) groups excluding carboxylic acids is 3. The van der Waals surface area contributed by atoms with Gasteiger partial charge in [-0.25, -0.2) is 12.7 Å². The Kier molecular flexibility index (Phi) is 6.61. The van der Waals surface area contributed by atoms with Gasteiger partial charge >= 0.3 is 0 Å². The van der Waals surface area contributed by atoms with Crippen molar-refractivity contribution in [3.05, 3.63) is 95.6 Å². The number of sulfonamides is 1. The van der Waals surface area contributed by atoms with E-state index < -0.39 is 34.3 Å². The largest absolute Gasteiger partial charge is 0.271 e. The molecule has 0 saturated heterocycles. The maximum Gasteiger partial charge on any atom is 0.270 e. The van der Waals surface area contributed by atoms with Gasteiger partial charge < -0.3 is 0 Å². The van der Waals surface area contributed by atoms with E-state index in [4.69, 9.17) is 0 Å². The van der Waals surface area contributed by atoms with Gasteiger partial charge in [0.05, 0.1) is 21.7 Å². The molecule has 0 N–H and O–H groups in total. The first-order valence-corrected chi connectivity index (χ1v) is 12.5. The molecule has 1 aliphatic heterocycles. The fourth-order valence-corrected chi connectivity index (χ4v) is 5.31. The summed E-state index contributed by atoms with van der Waals surface area (Å²) in [6.07, 6.45) is 2.85. The number of benzene rings is 3. The van der Waals surface area contributed by atoms with Gasteiger partial charge in [-0.1, -0.05) is 55.8 Å². The van der Waals surface area contributed by atoms with Gasteiger partial charge in [-0.15, -0.1) is 0 Å². The minimum Gasteiger partial charge on any atom is -0.271 e. The van der Waals surface area contributed by atoms with Gasteiger partial charge in [0.15, 0.2) is 0 Å². The number of hydrogen-bond donors (Lipinski definition) is 0. The number of nitrogens with zero attached hydrogens (tertiary/aromatic N) is 2. The third-order valence-electron chi connectivity index (χ3n) is 5.67. The first-order valence-electron chi connectivity index (χ1n) is 11.0. The Morgan fingerprint density at radius 2 is 1.38 bits per heavy atom. The van der Waals surface area contributed by atoms with Crippen LogP contribution in [0.25, 0.3) is 0 Å². The Hall–Kier alpha value is -3.78. The average Bonchev–Trinajstić information content (AvgIpc) is 3.09. The number of unbranched alkanes of at least 4 members (excludes halogenated alkanes) is 1. The topological polar surface area (TPSA) is 91.8 Å². The van der Waals surface area contributed by atoms with Gasteiger partial charge in [0, 0.05) is 0 Å². The molecule has 7 nitrogen and oxygen atoms in total. The highest BCUT2D eigenvalue weighted by Gasteiger charge is 2.39. The van der Waals surface area contributed by atoms with Crippen molar-refractivity contribution in [2.75, 3.05) is 10.8 Å². The number of aryl methyl sites for hydroxylation is 1. The molecule has 4 rings (SSSR count). The third kappa shape index (κ3) is 4.36. The second kappa shape index (κ2) is 9.61. The lowest BCUT2D eigenvalue weighted by Crippen LogP contribution is -2.45. The maximum absolute atomic E-state index is 13.5. The van der Waals surface area contributed by atoms with E-state index in [1.165, 1.54) is 24.3 Å². The van der Waals surface area contributed by atoms with Gasteiger partial charge in [0.25, 0.3) is 27.7 Å². The Morgan fingerprint density at radius 3 is 1.94 bits per heavy atom. The number of carbonyl (C=O) groups is 3. The van der Waals surface area contributed by atoms with Crippen LogP contribution in [0.3, 0.4) is 0 Å². The summed E-state index contributed by atoms with van der Waals surface area (Å²) >= 11 is 0. The van der Waals surface area contributed by atoms with Crippen molar-refractivity contribution in [2.45, 2.75) is 31.1 Å². The van der Waals surface area contributed by atoms with Gasteiger partial charge in [-0.2, -0.15) is 0 Å². The minimum atomic E-state index is -4.29. The normalized spacial score (nSPS) is 13.1. The van der Waals surface area contributed by atoms with Crippen LogP contribution in [0.2, 0.25) is 0 Å². The van der Waals surface area contributed by atoms with Crippen molar-refractivity contribution >= 4 is 33.4 Å². The Bertz CT molecular complexity index is 1300. The van der Waals surface area contributed by atoms with Crippen LogP contribution < -0.4 is 4.31 Å². The van der Waals surface area contributed by atoms with Gasteiger partial charge in [-0.3, -0.25) is 19.3 Å². The highest BCUT2D eigenvalue weighted by Crippen LogP contribution is 2.27. The van der Waals surface area contributed by atoms with E-state index in [2.05, 4.69) is 6.92 Å². The quantitative estimate of drug-likeness (QED) is 0.458. The number of fused-ring (bicyclic) bond motifs is 1. The number of amides is 3. The lowest BCUT2D eigenvalue weighted by Gasteiger charge is -2.25. The monoisotopic (exact) mass is 476 g/mol. The van der Waals surface area contributed by atoms with Crippen LogP contribution in [0, 0.1) is 0 Å². The highest BCUT2D eigenvalue weighted by molar-refractivity contribution is 7.93. The van der Waals surface area contributed by atoms with E-state index in [1.807, 2.05) is 0 Å². The molecule has 0 unspecified atom stereocenters. The van der Waals surface area contributed by atoms with Crippen LogP contribution in [-0.4, -0.2) is 37.6 Å². The van der Waals surface area contributed by atoms with Crippen molar-refractivity contribution in [3.63, 3.8) is 0 Å². The van der Waals surface area contributed by atoms with Gasteiger partial charge in [0.1, 0.15) is 6.54 Å². The molecule has 0 atom stereocenters. The molecular formula is C26H24N2O5S. The van der Waals surface area contributed by atoms with E-state index in [0.29, 0.717) is 4.31 Å². The Balaban J connectivity index is 1.69. The van der Waals surface area contributed by atoms with Gasteiger partial charge in [-0.05, 0) is 54.8 Å². The summed E-state index contributed by atoms with van der Waals surface area (Å²) in [7, 11) is -4.29. The van der Waals surface area contributed by atoms with Crippen LogP contribution in [-0.2, 0) is 21.2 Å². The van der Waals surface area contributed by atoms with Crippen LogP contribution in [0.5, 0.6) is 0 Å². The van der Waals surface area contributed by atoms with Crippen LogP contribution in [0.1, 0.15) is 46.0 Å². The smallest absolute Gasteiger partial charge is 0.270 e. The van der Waals surface area contributed by atoms with Gasteiger partial charge in [0.2, 0.25) is 0 Å². The number of rotatable bonds is 8. The predicted octanol–water partition coefficient (Wildman–Crippen LogP) is 4.05. The zero-order chi connectivity index (χ0) is 24.3. The van der Waals surface area contributed by atoms with E-state index in [1.54, 1.807) is 54.6 Å². The van der Waals surface area contributed by atoms with E-state index in [-0.39, 0.29) is 21.7 Å². The molecule has 0 fully saturated rings. The summed E-state index contributed by atoms with van der Waals surface area (Å²) in [6, 6.07) is 20.6. The SMILES string of the molecule is CCCCc1ccc(N(C(=O)CN2C(=O)c3ccccc3C2=O)S(=O)(=O)c2ccccc2)cc1. The van der Waals surface area contributed by atoms with E-state index in [9.17, 15) is 22.8 Å². The lowest BCUT2D eigenvalue weighted by atomic mass is 10.1. The summed E-state index contributed by atoms with van der Waals surface area (Å²) in [5.74, 6) is -2.15. The average molecular weight is 477 g/mol. The third-order valence-corrected chi connectivity index (χ3v) is 7.43. The lowest BCUT2D eigenvalue weighted by molar-refractivity contribution is -0.117. The molecule has 34 heavy (non-hydrogen) atoms. The molecule has 3 aromatic rings. The van der Waals surface area contributed by atoms with Crippen molar-refractivity contribution in [1.82, 2.24) is 4.90 Å². The second-order valence-corrected chi connectivity index (χ2v) is 9.77. The van der Waals surface area contributed by atoms with Crippen molar-refractivity contribution in [3.8, 4) is 0 Å². The summed E-state index contributed by atoms with van der Waals surface area (Å²) in [5.41, 5.74) is 1.55. The molecule has 1 aliphatic rings. The molecular weight excluding hydrogens is 452 g/mol. The van der Waals surface area contributed by atoms with Crippen molar-refractivity contribution < 1.29 is 22.8 Å². The fraction of sp³-hybridized carbons (Fsp3) is 0.192. The zero-order valence-electron chi connectivity index (χ0n) is 18.7. The van der Waals surface area contributed by atoms with Crippen LogP contribution in [0.15, 0.2) is 83.8 Å². The highest BCUT2D eigenvalue weighted by atomic mass is 32.2. The summed E-state index contributed by atoms with van der Waals surface area (Å²) < 4.78 is 27.7. The molecule has 0 bridgehead atoms. The summed E-state index contributed by atoms with van der Waals surface area (Å²) in [6.45, 7) is 1.39. The standard InChI is InChI=1S/C26H24N2O5S/c1-2-3-9-19-14-16-20(17-15-19)28(34(32,33)21-10-5-4-6-11-21)24(29)18-27-25(30)22-12-7-8-13-23(22)26(27)31/h4-8,10-17H,2-3,9,18H2,1H3. The second-order valence-electron chi connectivity index (χ2n) is 7.99. The Labute approximate surface area is 198 Å².